The minimum absolute atomic E-state index is 0.0886. The molecule has 144 valence electrons. The highest BCUT2D eigenvalue weighted by atomic mass is 35.5. The smallest absolute Gasteiger partial charge is 0.307 e. The largest absolute Gasteiger partial charge is 0.469 e. The van der Waals surface area contributed by atoms with Crippen LogP contribution in [0.2, 0.25) is 5.02 Å². The summed E-state index contributed by atoms with van der Waals surface area (Å²) in [7, 11) is 1.32. The number of carbonyl (C=O) groups excluding carboxylic acids is 2. The van der Waals surface area contributed by atoms with E-state index >= 15 is 0 Å². The topological polar surface area (TPSA) is 73.2 Å². The molecular formula is C21H20ClN3O3. The molecule has 6 nitrogen and oxygen atoms in total. The van der Waals surface area contributed by atoms with Crippen LogP contribution >= 0.6 is 11.6 Å². The zero-order valence-corrected chi connectivity index (χ0v) is 16.3. The van der Waals surface area contributed by atoms with Gasteiger partial charge >= 0.3 is 5.97 Å². The number of halogens is 1. The highest BCUT2D eigenvalue weighted by Crippen LogP contribution is 2.25. The predicted octanol–water partition coefficient (Wildman–Crippen LogP) is 3.87. The molecular weight excluding hydrogens is 378 g/mol. The lowest BCUT2D eigenvalue weighted by atomic mass is 10.1. The Kier molecular flexibility index (Phi) is 6.11. The van der Waals surface area contributed by atoms with E-state index in [4.69, 9.17) is 11.6 Å². The Labute approximate surface area is 168 Å². The monoisotopic (exact) mass is 397 g/mol. The summed E-state index contributed by atoms with van der Waals surface area (Å²) in [4.78, 5) is 24.3. The number of hydrogen-bond acceptors (Lipinski definition) is 4. The Bertz CT molecular complexity index is 968. The third-order valence-corrected chi connectivity index (χ3v) is 4.43. The van der Waals surface area contributed by atoms with Gasteiger partial charge in [-0.05, 0) is 31.2 Å². The minimum Gasteiger partial charge on any atom is -0.469 e. The standard InChI is InChI=1S/C21H20ClN3O3/c1-14(12-19(26)28-2)23-21(27)18-13-25(17-6-4-3-5-7-17)24-20(18)15-8-10-16(22)11-9-15/h3-11,13-14H,12H2,1-2H3,(H,23,27). The Balaban J connectivity index is 1.96. The van der Waals surface area contributed by atoms with Crippen molar-refractivity contribution in [2.24, 2.45) is 0 Å². The van der Waals surface area contributed by atoms with E-state index in [-0.39, 0.29) is 24.3 Å². The van der Waals surface area contributed by atoms with Crippen LogP contribution in [0.15, 0.2) is 60.8 Å². The second kappa shape index (κ2) is 8.71. The molecule has 1 amide bonds. The maximum atomic E-state index is 12.9. The van der Waals surface area contributed by atoms with Crippen molar-refractivity contribution in [1.82, 2.24) is 15.1 Å². The number of aromatic nitrogens is 2. The summed E-state index contributed by atoms with van der Waals surface area (Å²) >= 11 is 5.98. The zero-order chi connectivity index (χ0) is 20.1. The number of esters is 1. The van der Waals surface area contributed by atoms with Gasteiger partial charge in [0.25, 0.3) is 5.91 Å². The Morgan fingerprint density at radius 1 is 1.14 bits per heavy atom. The maximum Gasteiger partial charge on any atom is 0.307 e. The minimum atomic E-state index is -0.384. The molecule has 0 aliphatic heterocycles. The average molecular weight is 398 g/mol. The van der Waals surface area contributed by atoms with Crippen molar-refractivity contribution in [2.75, 3.05) is 7.11 Å². The quantitative estimate of drug-likeness (QED) is 0.641. The first-order valence-electron chi connectivity index (χ1n) is 8.76. The molecule has 0 fully saturated rings. The van der Waals surface area contributed by atoms with Gasteiger partial charge < -0.3 is 10.1 Å². The van der Waals surface area contributed by atoms with E-state index in [2.05, 4.69) is 15.2 Å². The summed E-state index contributed by atoms with van der Waals surface area (Å²) in [6, 6.07) is 16.3. The van der Waals surface area contributed by atoms with Crippen LogP contribution in [0.1, 0.15) is 23.7 Å². The fourth-order valence-corrected chi connectivity index (χ4v) is 2.89. The number of nitrogens with zero attached hydrogens (tertiary/aromatic N) is 2. The third kappa shape index (κ3) is 4.58. The lowest BCUT2D eigenvalue weighted by molar-refractivity contribution is -0.141. The fourth-order valence-electron chi connectivity index (χ4n) is 2.76. The van der Waals surface area contributed by atoms with Gasteiger partial charge in [0.15, 0.2) is 0 Å². The van der Waals surface area contributed by atoms with Crippen molar-refractivity contribution in [3.05, 3.63) is 71.4 Å². The van der Waals surface area contributed by atoms with Gasteiger partial charge in [0.1, 0.15) is 5.69 Å². The van der Waals surface area contributed by atoms with Crippen LogP contribution in [0.3, 0.4) is 0 Å². The molecule has 3 rings (SSSR count). The highest BCUT2D eigenvalue weighted by Gasteiger charge is 2.21. The molecule has 0 aliphatic carbocycles. The highest BCUT2D eigenvalue weighted by molar-refractivity contribution is 6.30. The van der Waals surface area contributed by atoms with Crippen LogP contribution < -0.4 is 5.32 Å². The van der Waals surface area contributed by atoms with E-state index in [1.165, 1.54) is 7.11 Å². The van der Waals surface area contributed by atoms with Gasteiger partial charge in [0.05, 0.1) is 24.8 Å². The molecule has 1 unspecified atom stereocenters. The predicted molar refractivity (Wildman–Crippen MR) is 108 cm³/mol. The fraction of sp³-hybridized carbons (Fsp3) is 0.190. The van der Waals surface area contributed by atoms with Gasteiger partial charge in [-0.15, -0.1) is 0 Å². The van der Waals surface area contributed by atoms with E-state index in [0.29, 0.717) is 16.3 Å². The average Bonchev–Trinajstić information content (AvgIpc) is 3.14. The van der Waals surface area contributed by atoms with Crippen LogP contribution in [0.5, 0.6) is 0 Å². The number of hydrogen-bond donors (Lipinski definition) is 1. The molecule has 1 heterocycles. The summed E-state index contributed by atoms with van der Waals surface area (Å²) in [5, 5.41) is 8.04. The van der Waals surface area contributed by atoms with Crippen molar-refractivity contribution < 1.29 is 14.3 Å². The molecule has 0 aliphatic rings. The van der Waals surface area contributed by atoms with E-state index in [0.717, 1.165) is 11.3 Å². The number of ether oxygens (including phenoxy) is 1. The first-order chi connectivity index (χ1) is 13.5. The molecule has 0 saturated heterocycles. The number of para-hydroxylation sites is 1. The Morgan fingerprint density at radius 3 is 2.46 bits per heavy atom. The number of carbonyl (C=O) groups is 2. The summed E-state index contributed by atoms with van der Waals surface area (Å²) < 4.78 is 6.31. The van der Waals surface area contributed by atoms with E-state index in [9.17, 15) is 9.59 Å². The molecule has 1 atom stereocenters. The number of nitrogens with one attached hydrogen (secondary N) is 1. The first kappa shape index (κ1) is 19.6. The molecule has 0 saturated carbocycles. The van der Waals surface area contributed by atoms with Crippen LogP contribution in [-0.4, -0.2) is 34.8 Å². The first-order valence-corrected chi connectivity index (χ1v) is 9.14. The van der Waals surface area contributed by atoms with E-state index in [1.807, 2.05) is 42.5 Å². The summed E-state index contributed by atoms with van der Waals surface area (Å²) in [5.41, 5.74) is 2.54. The van der Waals surface area contributed by atoms with Gasteiger partial charge in [0, 0.05) is 22.8 Å². The number of amides is 1. The van der Waals surface area contributed by atoms with Crippen molar-refractivity contribution >= 4 is 23.5 Å². The van der Waals surface area contributed by atoms with Crippen molar-refractivity contribution in [3.63, 3.8) is 0 Å². The van der Waals surface area contributed by atoms with Crippen LogP contribution in [0.25, 0.3) is 16.9 Å². The maximum absolute atomic E-state index is 12.9. The van der Waals surface area contributed by atoms with E-state index < -0.39 is 0 Å². The second-order valence-electron chi connectivity index (χ2n) is 6.33. The summed E-state index contributed by atoms with van der Waals surface area (Å²) in [6.07, 6.45) is 1.77. The molecule has 28 heavy (non-hydrogen) atoms. The number of rotatable bonds is 6. The summed E-state index contributed by atoms with van der Waals surface area (Å²) in [6.45, 7) is 1.75. The Hall–Kier alpha value is -3.12. The molecule has 3 aromatic rings. The van der Waals surface area contributed by atoms with Gasteiger partial charge in [-0.25, -0.2) is 4.68 Å². The molecule has 0 spiro atoms. The van der Waals surface area contributed by atoms with E-state index in [1.54, 1.807) is 29.9 Å². The van der Waals surface area contributed by atoms with Crippen LogP contribution in [-0.2, 0) is 9.53 Å². The van der Waals surface area contributed by atoms with Crippen molar-refractivity contribution in [2.45, 2.75) is 19.4 Å². The lowest BCUT2D eigenvalue weighted by Crippen LogP contribution is -2.34. The van der Waals surface area contributed by atoms with Gasteiger partial charge in [-0.3, -0.25) is 9.59 Å². The molecule has 1 N–H and O–H groups in total. The number of methoxy groups -OCH3 is 1. The van der Waals surface area contributed by atoms with Crippen molar-refractivity contribution in [3.8, 4) is 16.9 Å². The lowest BCUT2D eigenvalue weighted by Gasteiger charge is -2.12. The van der Waals surface area contributed by atoms with Crippen LogP contribution in [0, 0.1) is 0 Å². The molecule has 1 aromatic heterocycles. The summed E-state index contributed by atoms with van der Waals surface area (Å²) in [5.74, 6) is -0.700. The van der Waals surface area contributed by atoms with Crippen LogP contribution in [0.4, 0.5) is 0 Å². The SMILES string of the molecule is COC(=O)CC(C)NC(=O)c1cn(-c2ccccc2)nc1-c1ccc(Cl)cc1. The zero-order valence-electron chi connectivity index (χ0n) is 15.6. The second-order valence-corrected chi connectivity index (χ2v) is 6.77. The molecule has 0 bridgehead atoms. The van der Waals surface area contributed by atoms with Gasteiger partial charge in [0.2, 0.25) is 0 Å². The number of benzene rings is 2. The van der Waals surface area contributed by atoms with Gasteiger partial charge in [-0.2, -0.15) is 5.10 Å². The Morgan fingerprint density at radius 2 is 1.82 bits per heavy atom. The van der Waals surface area contributed by atoms with Crippen molar-refractivity contribution in [1.29, 1.82) is 0 Å². The third-order valence-electron chi connectivity index (χ3n) is 4.18. The van der Waals surface area contributed by atoms with Gasteiger partial charge in [-0.1, -0.05) is 41.9 Å². The molecule has 2 aromatic carbocycles. The molecule has 7 heteroatoms. The normalized spacial score (nSPS) is 11.7. The molecule has 0 radical (unpaired) electrons.